The van der Waals surface area contributed by atoms with E-state index in [9.17, 15) is 4.79 Å². The van der Waals surface area contributed by atoms with Crippen molar-refractivity contribution in [1.29, 1.82) is 0 Å². The van der Waals surface area contributed by atoms with Crippen LogP contribution in [0.15, 0.2) is 47.8 Å². The molecule has 144 valence electrons. The van der Waals surface area contributed by atoms with Crippen LogP contribution in [-0.2, 0) is 6.42 Å². The first-order chi connectivity index (χ1) is 13.5. The summed E-state index contributed by atoms with van der Waals surface area (Å²) in [5.41, 5.74) is 4.27. The maximum Gasteiger partial charge on any atom is 0.257 e. The summed E-state index contributed by atoms with van der Waals surface area (Å²) in [5.74, 6) is 0.439. The zero-order chi connectivity index (χ0) is 19.9. The average Bonchev–Trinajstić information content (AvgIpc) is 3.14. The van der Waals surface area contributed by atoms with Gasteiger partial charge in [0, 0.05) is 41.8 Å². The number of anilines is 1. The Morgan fingerprint density at radius 3 is 2.46 bits per heavy atom. The number of amides is 1. The number of nitrogens with zero attached hydrogens (tertiary/aromatic N) is 4. The summed E-state index contributed by atoms with van der Waals surface area (Å²) in [6, 6.07) is 9.22. The van der Waals surface area contributed by atoms with Crippen LogP contribution >= 0.6 is 0 Å². The Hall–Kier alpha value is -3.55. The first kappa shape index (κ1) is 19.2. The summed E-state index contributed by atoms with van der Waals surface area (Å²) in [6.07, 6.45) is 4.04. The Morgan fingerprint density at radius 1 is 1.11 bits per heavy atom. The molecular formula is C20H23N7O. The molecule has 0 aliphatic carbocycles. The van der Waals surface area contributed by atoms with Crippen molar-refractivity contribution in [1.82, 2.24) is 25.3 Å². The molecule has 0 saturated carbocycles. The molecule has 0 atom stereocenters. The molecule has 2 heterocycles. The van der Waals surface area contributed by atoms with Crippen LogP contribution in [0.25, 0.3) is 0 Å². The van der Waals surface area contributed by atoms with Crippen molar-refractivity contribution in [2.24, 2.45) is 4.99 Å². The van der Waals surface area contributed by atoms with Gasteiger partial charge in [-0.05, 0) is 39.0 Å². The van der Waals surface area contributed by atoms with Crippen LogP contribution in [0.4, 0.5) is 5.95 Å². The number of carbonyl (C=O) groups is 1. The van der Waals surface area contributed by atoms with Crippen LogP contribution in [0.5, 0.6) is 0 Å². The summed E-state index contributed by atoms with van der Waals surface area (Å²) in [5, 5.41) is 5.84. The second-order valence-corrected chi connectivity index (χ2v) is 6.48. The number of aromatic nitrogens is 4. The Balaban J connectivity index is 1.76. The first-order valence-electron chi connectivity index (χ1n) is 8.98. The highest BCUT2D eigenvalue weighted by atomic mass is 16.1. The van der Waals surface area contributed by atoms with E-state index in [4.69, 9.17) is 0 Å². The Kier molecular flexibility index (Phi) is 6.11. The Bertz CT molecular complexity index is 942. The van der Waals surface area contributed by atoms with Gasteiger partial charge >= 0.3 is 0 Å². The van der Waals surface area contributed by atoms with E-state index in [-0.39, 0.29) is 5.91 Å². The number of nitrogens with one attached hydrogen (secondary N) is 3. The summed E-state index contributed by atoms with van der Waals surface area (Å²) in [6.45, 7) is 6.21. The van der Waals surface area contributed by atoms with Crippen LogP contribution in [0.1, 0.15) is 33.0 Å². The van der Waals surface area contributed by atoms with Crippen molar-refractivity contribution in [3.63, 3.8) is 0 Å². The third-order valence-electron chi connectivity index (χ3n) is 3.96. The number of hydrogen-bond donors (Lipinski definition) is 3. The van der Waals surface area contributed by atoms with E-state index in [1.165, 1.54) is 0 Å². The molecule has 3 aromatic rings. The standard InChI is InChI=1S/C20H23N7O/c1-13-4-6-16(7-5-13)18(28)26-19(22-9-8-17-11-21-12-23-17)27-20-24-14(2)10-15(3)25-20/h4-7,10-12H,8-9H2,1-3H3,(H,21,23)(H2,22,24,25,26,27,28). The summed E-state index contributed by atoms with van der Waals surface area (Å²) in [7, 11) is 0. The summed E-state index contributed by atoms with van der Waals surface area (Å²) < 4.78 is 0. The van der Waals surface area contributed by atoms with Crippen molar-refractivity contribution in [2.75, 3.05) is 11.9 Å². The second kappa shape index (κ2) is 8.90. The average molecular weight is 377 g/mol. The third-order valence-corrected chi connectivity index (χ3v) is 3.96. The molecule has 0 fully saturated rings. The number of aliphatic imine (C=N–C) groups is 1. The molecule has 8 heteroatoms. The SMILES string of the molecule is Cc1ccc(C(=O)NC(=NCCc2cnc[nH]2)Nc2nc(C)cc(C)n2)cc1. The fourth-order valence-corrected chi connectivity index (χ4v) is 2.59. The second-order valence-electron chi connectivity index (χ2n) is 6.48. The van der Waals surface area contributed by atoms with Gasteiger partial charge < -0.3 is 4.98 Å². The molecule has 0 saturated heterocycles. The van der Waals surface area contributed by atoms with E-state index in [1.54, 1.807) is 24.7 Å². The molecule has 0 unspecified atom stereocenters. The monoisotopic (exact) mass is 377 g/mol. The van der Waals surface area contributed by atoms with E-state index in [2.05, 4.69) is 35.6 Å². The van der Waals surface area contributed by atoms with Crippen LogP contribution in [0.3, 0.4) is 0 Å². The highest BCUT2D eigenvalue weighted by Crippen LogP contribution is 2.06. The maximum absolute atomic E-state index is 12.6. The molecule has 0 bridgehead atoms. The quantitative estimate of drug-likeness (QED) is 0.468. The molecule has 0 aliphatic heterocycles. The highest BCUT2D eigenvalue weighted by Gasteiger charge is 2.11. The lowest BCUT2D eigenvalue weighted by molar-refractivity contribution is 0.0977. The van der Waals surface area contributed by atoms with Crippen molar-refractivity contribution < 1.29 is 4.79 Å². The number of benzene rings is 1. The van der Waals surface area contributed by atoms with Gasteiger partial charge in [0.1, 0.15) is 0 Å². The molecule has 0 aliphatic rings. The highest BCUT2D eigenvalue weighted by molar-refractivity contribution is 6.09. The zero-order valence-corrected chi connectivity index (χ0v) is 16.2. The number of guanidine groups is 1. The van der Waals surface area contributed by atoms with Crippen molar-refractivity contribution in [3.05, 3.63) is 71.1 Å². The van der Waals surface area contributed by atoms with E-state index in [0.29, 0.717) is 30.4 Å². The molecule has 3 N–H and O–H groups in total. The lowest BCUT2D eigenvalue weighted by Gasteiger charge is -2.11. The van der Waals surface area contributed by atoms with Gasteiger partial charge in [-0.1, -0.05) is 17.7 Å². The normalized spacial score (nSPS) is 11.3. The van der Waals surface area contributed by atoms with Crippen molar-refractivity contribution >= 4 is 17.8 Å². The van der Waals surface area contributed by atoms with Gasteiger partial charge in [0.05, 0.1) is 6.33 Å². The molecule has 2 aromatic heterocycles. The molecule has 28 heavy (non-hydrogen) atoms. The van der Waals surface area contributed by atoms with Gasteiger partial charge in [-0.15, -0.1) is 0 Å². The maximum atomic E-state index is 12.6. The lowest BCUT2D eigenvalue weighted by atomic mass is 10.1. The van der Waals surface area contributed by atoms with Crippen LogP contribution in [-0.4, -0.2) is 38.3 Å². The molecule has 1 amide bonds. The van der Waals surface area contributed by atoms with E-state index in [1.807, 2.05) is 39.0 Å². The number of H-pyrrole nitrogens is 1. The van der Waals surface area contributed by atoms with Gasteiger partial charge in [0.15, 0.2) is 0 Å². The largest absolute Gasteiger partial charge is 0.348 e. The smallest absolute Gasteiger partial charge is 0.257 e. The summed E-state index contributed by atoms with van der Waals surface area (Å²) >= 11 is 0. The van der Waals surface area contributed by atoms with Crippen LogP contribution in [0, 0.1) is 20.8 Å². The van der Waals surface area contributed by atoms with Gasteiger partial charge in [0.25, 0.3) is 5.91 Å². The van der Waals surface area contributed by atoms with Gasteiger partial charge in [-0.25, -0.2) is 15.0 Å². The third kappa shape index (κ3) is 5.47. The van der Waals surface area contributed by atoms with E-state index in [0.717, 1.165) is 22.6 Å². The predicted molar refractivity (Wildman–Crippen MR) is 108 cm³/mol. The number of carbonyl (C=O) groups excluding carboxylic acids is 1. The van der Waals surface area contributed by atoms with Gasteiger partial charge in [-0.3, -0.25) is 20.4 Å². The molecular weight excluding hydrogens is 354 g/mol. The van der Waals surface area contributed by atoms with Crippen molar-refractivity contribution in [3.8, 4) is 0 Å². The van der Waals surface area contributed by atoms with Gasteiger partial charge in [-0.2, -0.15) is 0 Å². The minimum Gasteiger partial charge on any atom is -0.348 e. The van der Waals surface area contributed by atoms with Crippen LogP contribution in [0.2, 0.25) is 0 Å². The Morgan fingerprint density at radius 2 is 1.82 bits per heavy atom. The number of hydrogen-bond acceptors (Lipinski definition) is 5. The number of imidazole rings is 1. The molecule has 8 nitrogen and oxygen atoms in total. The molecule has 3 rings (SSSR count). The minimum atomic E-state index is -0.253. The zero-order valence-electron chi connectivity index (χ0n) is 16.2. The minimum absolute atomic E-state index is 0.253. The number of aryl methyl sites for hydroxylation is 3. The lowest BCUT2D eigenvalue weighted by Crippen LogP contribution is -2.37. The van der Waals surface area contributed by atoms with Gasteiger partial charge in [0.2, 0.25) is 11.9 Å². The summed E-state index contributed by atoms with van der Waals surface area (Å²) in [4.78, 5) is 32.8. The van der Waals surface area contributed by atoms with E-state index >= 15 is 0 Å². The predicted octanol–water partition coefficient (Wildman–Crippen LogP) is 2.57. The molecule has 1 aromatic carbocycles. The van der Waals surface area contributed by atoms with Crippen molar-refractivity contribution in [2.45, 2.75) is 27.2 Å². The topological polar surface area (TPSA) is 108 Å². The molecule has 0 spiro atoms. The fourth-order valence-electron chi connectivity index (χ4n) is 2.59. The van der Waals surface area contributed by atoms with Crippen LogP contribution < -0.4 is 10.6 Å². The van der Waals surface area contributed by atoms with E-state index < -0.39 is 0 Å². The fraction of sp³-hybridized carbons (Fsp3) is 0.250. The Labute approximate surface area is 163 Å². The number of rotatable bonds is 5. The molecule has 0 radical (unpaired) electrons. The number of aromatic amines is 1. The first-order valence-corrected chi connectivity index (χ1v) is 8.98.